The van der Waals surface area contributed by atoms with E-state index in [1.54, 1.807) is 0 Å². The molecule has 0 bridgehead atoms. The van der Waals surface area contributed by atoms with Gasteiger partial charge in [0.05, 0.1) is 6.54 Å². The van der Waals surface area contributed by atoms with E-state index in [0.29, 0.717) is 18.9 Å². The van der Waals surface area contributed by atoms with Gasteiger partial charge in [0.25, 0.3) is 0 Å². The average Bonchev–Trinajstić information content (AvgIpc) is 2.82. The summed E-state index contributed by atoms with van der Waals surface area (Å²) < 4.78 is 0. The Labute approximate surface area is 141 Å². The molecule has 5 nitrogen and oxygen atoms in total. The highest BCUT2D eigenvalue weighted by atomic mass is 16.2. The first-order chi connectivity index (χ1) is 11.1. The predicted octanol–water partition coefficient (Wildman–Crippen LogP) is 1.97. The molecule has 132 valence electrons. The number of likely N-dealkylation sites (tertiary alicyclic amines) is 1. The molecule has 5 heteroatoms. The molecule has 0 saturated carbocycles. The van der Waals surface area contributed by atoms with Gasteiger partial charge in [-0.3, -0.25) is 14.5 Å². The van der Waals surface area contributed by atoms with Crippen molar-refractivity contribution in [3.63, 3.8) is 0 Å². The van der Waals surface area contributed by atoms with Crippen molar-refractivity contribution >= 4 is 11.8 Å². The first kappa shape index (κ1) is 18.2. The summed E-state index contributed by atoms with van der Waals surface area (Å²) in [4.78, 5) is 30.8. The van der Waals surface area contributed by atoms with Crippen LogP contribution in [0.25, 0.3) is 0 Å². The van der Waals surface area contributed by atoms with E-state index >= 15 is 0 Å². The van der Waals surface area contributed by atoms with Gasteiger partial charge in [-0.2, -0.15) is 0 Å². The highest BCUT2D eigenvalue weighted by Gasteiger charge is 2.24. The summed E-state index contributed by atoms with van der Waals surface area (Å²) in [6.07, 6.45) is 6.41. The van der Waals surface area contributed by atoms with Gasteiger partial charge in [-0.1, -0.05) is 26.7 Å². The summed E-state index contributed by atoms with van der Waals surface area (Å²) in [6, 6.07) is 0. The zero-order valence-electron chi connectivity index (χ0n) is 14.9. The number of carbonyl (C=O) groups excluding carboxylic acids is 2. The lowest BCUT2D eigenvalue weighted by atomic mass is 10.1. The predicted molar refractivity (Wildman–Crippen MR) is 92.1 cm³/mol. The van der Waals surface area contributed by atoms with E-state index in [0.717, 1.165) is 58.5 Å². The summed E-state index contributed by atoms with van der Waals surface area (Å²) in [7, 11) is 0. The van der Waals surface area contributed by atoms with Crippen LogP contribution in [0.4, 0.5) is 0 Å². The quantitative estimate of drug-likeness (QED) is 0.777. The lowest BCUT2D eigenvalue weighted by Crippen LogP contribution is -2.51. The SMILES string of the molecule is CC(C)CCC(=O)N1CCN(CC(=O)N2CCCCCC2)CC1. The van der Waals surface area contributed by atoms with Crippen LogP contribution in [-0.2, 0) is 9.59 Å². The number of piperazine rings is 1. The molecule has 2 saturated heterocycles. The van der Waals surface area contributed by atoms with Crippen molar-refractivity contribution in [1.29, 1.82) is 0 Å². The van der Waals surface area contributed by atoms with Crippen LogP contribution in [0.3, 0.4) is 0 Å². The van der Waals surface area contributed by atoms with E-state index < -0.39 is 0 Å². The lowest BCUT2D eigenvalue weighted by molar-refractivity contribution is -0.135. The summed E-state index contributed by atoms with van der Waals surface area (Å²) in [5.74, 6) is 1.12. The largest absolute Gasteiger partial charge is 0.342 e. The molecular formula is C18H33N3O2. The Kier molecular flexibility index (Phi) is 7.34. The van der Waals surface area contributed by atoms with E-state index in [1.807, 2.05) is 9.80 Å². The normalized spacial score (nSPS) is 20.7. The van der Waals surface area contributed by atoms with Gasteiger partial charge in [-0.05, 0) is 25.2 Å². The molecule has 23 heavy (non-hydrogen) atoms. The maximum Gasteiger partial charge on any atom is 0.236 e. The molecule has 2 heterocycles. The number of amides is 2. The molecule has 2 aliphatic heterocycles. The van der Waals surface area contributed by atoms with Gasteiger partial charge in [0.15, 0.2) is 0 Å². The lowest BCUT2D eigenvalue weighted by Gasteiger charge is -2.35. The molecule has 2 aliphatic rings. The summed E-state index contributed by atoms with van der Waals surface area (Å²) in [5, 5.41) is 0. The number of carbonyl (C=O) groups is 2. The van der Waals surface area contributed by atoms with Crippen LogP contribution < -0.4 is 0 Å². The fourth-order valence-corrected chi connectivity index (χ4v) is 3.34. The minimum atomic E-state index is 0.270. The molecule has 0 aliphatic carbocycles. The van der Waals surface area contributed by atoms with Gasteiger partial charge in [-0.25, -0.2) is 0 Å². The molecule has 0 radical (unpaired) electrons. The van der Waals surface area contributed by atoms with Crippen LogP contribution in [0.15, 0.2) is 0 Å². The smallest absolute Gasteiger partial charge is 0.236 e. The summed E-state index contributed by atoms with van der Waals surface area (Å²) in [6.45, 7) is 9.86. The highest BCUT2D eigenvalue weighted by Crippen LogP contribution is 2.12. The molecule has 2 amide bonds. The van der Waals surface area contributed by atoms with Crippen LogP contribution in [0.5, 0.6) is 0 Å². The van der Waals surface area contributed by atoms with Gasteiger partial charge in [-0.15, -0.1) is 0 Å². The third-order valence-electron chi connectivity index (χ3n) is 4.98. The maximum absolute atomic E-state index is 12.4. The van der Waals surface area contributed by atoms with E-state index in [1.165, 1.54) is 12.8 Å². The van der Waals surface area contributed by atoms with E-state index in [4.69, 9.17) is 0 Å². The van der Waals surface area contributed by atoms with Crippen molar-refractivity contribution in [2.24, 2.45) is 5.92 Å². The Balaban J connectivity index is 1.69. The maximum atomic E-state index is 12.4. The molecule has 0 N–H and O–H groups in total. The van der Waals surface area contributed by atoms with Crippen molar-refractivity contribution in [3.05, 3.63) is 0 Å². The second-order valence-electron chi connectivity index (χ2n) is 7.38. The highest BCUT2D eigenvalue weighted by molar-refractivity contribution is 5.78. The Hall–Kier alpha value is -1.10. The molecule has 0 unspecified atom stereocenters. The Morgan fingerprint density at radius 1 is 0.783 bits per heavy atom. The fraction of sp³-hybridized carbons (Fsp3) is 0.889. The van der Waals surface area contributed by atoms with Gasteiger partial charge in [0.1, 0.15) is 0 Å². The second-order valence-corrected chi connectivity index (χ2v) is 7.38. The van der Waals surface area contributed by atoms with Crippen molar-refractivity contribution in [3.8, 4) is 0 Å². The first-order valence-corrected chi connectivity index (χ1v) is 9.34. The molecule has 2 fully saturated rings. The first-order valence-electron chi connectivity index (χ1n) is 9.34. The van der Waals surface area contributed by atoms with Crippen LogP contribution in [0, 0.1) is 5.92 Å². The van der Waals surface area contributed by atoms with Gasteiger partial charge >= 0.3 is 0 Å². The monoisotopic (exact) mass is 323 g/mol. The minimum absolute atomic E-state index is 0.270. The van der Waals surface area contributed by atoms with Crippen molar-refractivity contribution in [2.45, 2.75) is 52.4 Å². The molecule has 0 aromatic heterocycles. The van der Waals surface area contributed by atoms with Gasteiger partial charge < -0.3 is 9.80 Å². The molecule has 2 rings (SSSR count). The molecular weight excluding hydrogens is 290 g/mol. The summed E-state index contributed by atoms with van der Waals surface area (Å²) >= 11 is 0. The fourth-order valence-electron chi connectivity index (χ4n) is 3.34. The topological polar surface area (TPSA) is 43.9 Å². The molecule has 0 aromatic rings. The van der Waals surface area contributed by atoms with Crippen molar-refractivity contribution in [2.75, 3.05) is 45.8 Å². The zero-order valence-corrected chi connectivity index (χ0v) is 14.9. The van der Waals surface area contributed by atoms with Crippen LogP contribution in [0.1, 0.15) is 52.4 Å². The van der Waals surface area contributed by atoms with E-state index in [2.05, 4.69) is 18.7 Å². The summed E-state index contributed by atoms with van der Waals surface area (Å²) in [5.41, 5.74) is 0. The number of nitrogens with zero attached hydrogens (tertiary/aromatic N) is 3. The van der Waals surface area contributed by atoms with Crippen LogP contribution in [0.2, 0.25) is 0 Å². The van der Waals surface area contributed by atoms with E-state index in [9.17, 15) is 9.59 Å². The van der Waals surface area contributed by atoms with Gasteiger partial charge in [0.2, 0.25) is 11.8 Å². The minimum Gasteiger partial charge on any atom is -0.342 e. The average molecular weight is 323 g/mol. The Morgan fingerprint density at radius 2 is 1.35 bits per heavy atom. The van der Waals surface area contributed by atoms with E-state index in [-0.39, 0.29) is 11.8 Å². The van der Waals surface area contributed by atoms with Crippen molar-refractivity contribution in [1.82, 2.24) is 14.7 Å². The molecule has 0 aromatic carbocycles. The van der Waals surface area contributed by atoms with Crippen molar-refractivity contribution < 1.29 is 9.59 Å². The van der Waals surface area contributed by atoms with Crippen LogP contribution in [-0.4, -0.2) is 72.3 Å². The second kappa shape index (κ2) is 9.26. The van der Waals surface area contributed by atoms with Crippen LogP contribution >= 0.6 is 0 Å². The molecule has 0 atom stereocenters. The molecule has 0 spiro atoms. The number of rotatable bonds is 5. The number of hydrogen-bond acceptors (Lipinski definition) is 3. The Morgan fingerprint density at radius 3 is 1.91 bits per heavy atom. The zero-order chi connectivity index (χ0) is 16.7. The van der Waals surface area contributed by atoms with Gasteiger partial charge in [0, 0.05) is 45.7 Å². The third-order valence-corrected chi connectivity index (χ3v) is 4.98. The third kappa shape index (κ3) is 6.13. The Bertz CT molecular complexity index is 382. The number of hydrogen-bond donors (Lipinski definition) is 0. The standard InChI is InChI=1S/C18H33N3O2/c1-16(2)7-8-17(22)21-13-11-19(12-14-21)15-18(23)20-9-5-3-4-6-10-20/h16H,3-15H2,1-2H3.